The maximum atomic E-state index is 12.4. The Kier molecular flexibility index (Phi) is 5.12. The highest BCUT2D eigenvalue weighted by molar-refractivity contribution is 7.90. The third kappa shape index (κ3) is 3.99. The average Bonchev–Trinajstić information content (AvgIpc) is 3.03. The highest BCUT2D eigenvalue weighted by atomic mass is 32.2. The van der Waals surface area contributed by atoms with Gasteiger partial charge in [-0.3, -0.25) is 0 Å². The summed E-state index contributed by atoms with van der Waals surface area (Å²) >= 11 is 0. The van der Waals surface area contributed by atoms with Crippen LogP contribution in [0.3, 0.4) is 0 Å². The molecule has 0 aliphatic carbocycles. The fourth-order valence-corrected chi connectivity index (χ4v) is 3.68. The zero-order chi connectivity index (χ0) is 20.5. The van der Waals surface area contributed by atoms with Crippen molar-refractivity contribution < 1.29 is 18.0 Å². The van der Waals surface area contributed by atoms with Crippen LogP contribution in [0.1, 0.15) is 26.5 Å². The Morgan fingerprint density at radius 2 is 1.61 bits per heavy atom. The van der Waals surface area contributed by atoms with E-state index in [1.54, 1.807) is 39.8 Å². The van der Waals surface area contributed by atoms with Crippen molar-refractivity contribution in [3.05, 3.63) is 60.4 Å². The number of hydrogen-bond donors (Lipinski definition) is 0. The topological polar surface area (TPSA) is 95.6 Å². The SMILES string of the molecule is Cc1onc(-c2ccccc2)c1-c1ccc(S(=O)(=O)/N=C(\[O-])C(C)(C)C)cc1. The fraction of sp³-hybridized carbons (Fsp3) is 0.238. The molecule has 0 aliphatic rings. The molecule has 0 N–H and O–H groups in total. The Labute approximate surface area is 164 Å². The van der Waals surface area contributed by atoms with E-state index >= 15 is 0 Å². The Hall–Kier alpha value is -2.93. The van der Waals surface area contributed by atoms with Gasteiger partial charge in [-0.25, -0.2) is 0 Å². The second-order valence-corrected chi connectivity index (χ2v) is 9.08. The molecule has 0 saturated heterocycles. The van der Waals surface area contributed by atoms with E-state index in [1.165, 1.54) is 12.1 Å². The number of aryl methyl sites for hydroxylation is 1. The van der Waals surface area contributed by atoms with Gasteiger partial charge in [0, 0.05) is 5.56 Å². The molecule has 2 aromatic carbocycles. The summed E-state index contributed by atoms with van der Waals surface area (Å²) in [4.78, 5) is -0.0378. The summed E-state index contributed by atoms with van der Waals surface area (Å²) in [6.45, 7) is 6.67. The smallest absolute Gasteiger partial charge is 0.281 e. The maximum absolute atomic E-state index is 12.4. The molecule has 1 aromatic heterocycles. The lowest BCUT2D eigenvalue weighted by Crippen LogP contribution is -2.33. The monoisotopic (exact) mass is 397 g/mol. The quantitative estimate of drug-likeness (QED) is 0.493. The molecule has 0 fully saturated rings. The van der Waals surface area contributed by atoms with Crippen molar-refractivity contribution in [1.29, 1.82) is 0 Å². The van der Waals surface area contributed by atoms with Crippen molar-refractivity contribution in [3.8, 4) is 22.4 Å². The van der Waals surface area contributed by atoms with Crippen molar-refractivity contribution in [2.24, 2.45) is 9.81 Å². The van der Waals surface area contributed by atoms with E-state index in [0.717, 1.165) is 16.7 Å². The van der Waals surface area contributed by atoms with Crippen molar-refractivity contribution in [1.82, 2.24) is 5.16 Å². The van der Waals surface area contributed by atoms with Gasteiger partial charge in [-0.1, -0.05) is 68.4 Å². The minimum atomic E-state index is -4.06. The van der Waals surface area contributed by atoms with Gasteiger partial charge >= 0.3 is 0 Å². The largest absolute Gasteiger partial charge is 0.861 e. The van der Waals surface area contributed by atoms with Gasteiger partial charge in [0.1, 0.15) is 11.5 Å². The van der Waals surface area contributed by atoms with E-state index in [1.807, 2.05) is 30.3 Å². The molecule has 1 heterocycles. The summed E-state index contributed by atoms with van der Waals surface area (Å²) in [5.41, 5.74) is 2.27. The van der Waals surface area contributed by atoms with E-state index in [2.05, 4.69) is 9.55 Å². The third-order valence-corrected chi connectivity index (χ3v) is 5.47. The van der Waals surface area contributed by atoms with Gasteiger partial charge in [0.15, 0.2) is 0 Å². The van der Waals surface area contributed by atoms with E-state index in [9.17, 15) is 13.5 Å². The van der Waals surface area contributed by atoms with E-state index in [0.29, 0.717) is 11.5 Å². The second kappa shape index (κ2) is 7.24. The summed E-state index contributed by atoms with van der Waals surface area (Å²) in [7, 11) is -4.06. The molecule has 3 aromatic rings. The van der Waals surface area contributed by atoms with Crippen LogP contribution in [0, 0.1) is 12.3 Å². The average molecular weight is 397 g/mol. The minimum absolute atomic E-state index is 0.0378. The summed E-state index contributed by atoms with van der Waals surface area (Å²) in [6, 6.07) is 15.8. The summed E-state index contributed by atoms with van der Waals surface area (Å²) < 4.78 is 33.6. The molecule has 0 saturated carbocycles. The second-order valence-electron chi connectivity index (χ2n) is 7.47. The van der Waals surface area contributed by atoms with Gasteiger partial charge in [0.25, 0.3) is 10.0 Å². The highest BCUT2D eigenvalue weighted by Crippen LogP contribution is 2.34. The molecule has 0 amide bonds. The lowest BCUT2D eigenvalue weighted by Gasteiger charge is -2.25. The van der Waals surface area contributed by atoms with Crippen LogP contribution >= 0.6 is 0 Å². The standard InChI is InChI=1S/C21H22N2O4S/c1-14-18(19(22-27-14)16-8-6-5-7-9-16)15-10-12-17(13-11-15)28(25,26)23-20(24)21(2,3)4/h5-13H,1-4H3,(H,23,24)/p-1. The Balaban J connectivity index is 2.00. The van der Waals surface area contributed by atoms with Crippen molar-refractivity contribution in [2.45, 2.75) is 32.6 Å². The molecule has 7 heteroatoms. The zero-order valence-electron chi connectivity index (χ0n) is 16.1. The molecule has 0 spiro atoms. The van der Waals surface area contributed by atoms with Crippen LogP contribution in [0.15, 0.2) is 68.4 Å². The van der Waals surface area contributed by atoms with Gasteiger partial charge in [-0.2, -0.15) is 12.8 Å². The van der Waals surface area contributed by atoms with Crippen molar-refractivity contribution >= 4 is 15.9 Å². The highest BCUT2D eigenvalue weighted by Gasteiger charge is 2.19. The molecule has 6 nitrogen and oxygen atoms in total. The lowest BCUT2D eigenvalue weighted by molar-refractivity contribution is -0.227. The number of rotatable bonds is 4. The summed E-state index contributed by atoms with van der Waals surface area (Å²) in [6.07, 6.45) is 0. The predicted molar refractivity (Wildman–Crippen MR) is 106 cm³/mol. The van der Waals surface area contributed by atoms with E-state index < -0.39 is 21.3 Å². The first-order valence-electron chi connectivity index (χ1n) is 8.74. The van der Waals surface area contributed by atoms with Crippen LogP contribution in [0.4, 0.5) is 0 Å². The summed E-state index contributed by atoms with van der Waals surface area (Å²) in [5.74, 6) is -0.0557. The molecular weight excluding hydrogens is 376 g/mol. The van der Waals surface area contributed by atoms with E-state index in [-0.39, 0.29) is 4.90 Å². The zero-order valence-corrected chi connectivity index (χ0v) is 16.9. The molecule has 0 atom stereocenters. The van der Waals surface area contributed by atoms with Gasteiger partial charge in [0.05, 0.1) is 10.5 Å². The number of nitrogens with zero attached hydrogens (tertiary/aromatic N) is 2. The van der Waals surface area contributed by atoms with Crippen LogP contribution in [0.25, 0.3) is 22.4 Å². The lowest BCUT2D eigenvalue weighted by atomic mass is 9.97. The number of hydrogen-bond acceptors (Lipinski definition) is 5. The van der Waals surface area contributed by atoms with Crippen molar-refractivity contribution in [2.75, 3.05) is 0 Å². The van der Waals surface area contributed by atoms with Gasteiger partial charge in [-0.15, -0.1) is 0 Å². The van der Waals surface area contributed by atoms with E-state index in [4.69, 9.17) is 4.52 Å². The Morgan fingerprint density at radius 3 is 2.18 bits per heavy atom. The van der Waals surface area contributed by atoms with Gasteiger partial charge in [-0.05, 0) is 35.9 Å². The molecule has 3 rings (SSSR count). The molecular formula is C21H21N2O4S-. The maximum Gasteiger partial charge on any atom is 0.281 e. The van der Waals surface area contributed by atoms with Crippen LogP contribution < -0.4 is 5.11 Å². The first-order valence-corrected chi connectivity index (χ1v) is 10.2. The summed E-state index contributed by atoms with van der Waals surface area (Å²) in [5, 5.41) is 16.1. The third-order valence-electron chi connectivity index (χ3n) is 4.20. The molecule has 0 aliphatic heterocycles. The van der Waals surface area contributed by atoms with Gasteiger partial charge in [0.2, 0.25) is 0 Å². The fourth-order valence-electron chi connectivity index (χ4n) is 2.60. The number of benzene rings is 2. The Morgan fingerprint density at radius 1 is 1.00 bits per heavy atom. The number of aromatic nitrogens is 1. The molecule has 0 bridgehead atoms. The molecule has 0 unspecified atom stereocenters. The van der Waals surface area contributed by atoms with Crippen LogP contribution in [-0.2, 0) is 10.0 Å². The first kappa shape index (κ1) is 19.8. The molecule has 28 heavy (non-hydrogen) atoms. The normalized spacial score (nSPS) is 12.9. The predicted octanol–water partition coefficient (Wildman–Crippen LogP) is 3.81. The van der Waals surface area contributed by atoms with Crippen LogP contribution in [-0.4, -0.2) is 19.5 Å². The van der Waals surface area contributed by atoms with Crippen molar-refractivity contribution in [3.63, 3.8) is 0 Å². The van der Waals surface area contributed by atoms with Crippen LogP contribution in [0.5, 0.6) is 0 Å². The molecule has 0 radical (unpaired) electrons. The minimum Gasteiger partial charge on any atom is -0.861 e. The van der Waals surface area contributed by atoms with Crippen LogP contribution in [0.2, 0.25) is 0 Å². The van der Waals surface area contributed by atoms with Gasteiger partial charge < -0.3 is 9.63 Å². The Bertz CT molecular complexity index is 1110. The first-order chi connectivity index (χ1) is 13.1. The molecule has 146 valence electrons. The number of sulfonamides is 1.